The first kappa shape index (κ1) is 11.1. The summed E-state index contributed by atoms with van der Waals surface area (Å²) in [6.07, 6.45) is 2.00. The van der Waals surface area contributed by atoms with E-state index in [1.54, 1.807) is 19.2 Å². The van der Waals surface area contributed by atoms with Crippen LogP contribution < -0.4 is 5.43 Å². The number of hydrogen-bond acceptors (Lipinski definition) is 2. The van der Waals surface area contributed by atoms with E-state index in [0.29, 0.717) is 6.54 Å². The molecule has 0 aromatic heterocycles. The summed E-state index contributed by atoms with van der Waals surface area (Å²) in [6.45, 7) is 0.537. The minimum absolute atomic E-state index is 0.141. The molecule has 0 saturated heterocycles. The van der Waals surface area contributed by atoms with Crippen LogP contribution in [0.25, 0.3) is 0 Å². The van der Waals surface area contributed by atoms with Gasteiger partial charge in [-0.25, -0.2) is 9.82 Å². The molecule has 0 unspecified atom stereocenters. The van der Waals surface area contributed by atoms with Crippen LogP contribution in [0.15, 0.2) is 24.3 Å². The quantitative estimate of drug-likeness (QED) is 0.786. The van der Waals surface area contributed by atoms with Crippen LogP contribution in [0.3, 0.4) is 0 Å². The summed E-state index contributed by atoms with van der Waals surface area (Å²) in [5, 5.41) is 1.53. The molecular formula is C12H15FN2O. The van der Waals surface area contributed by atoms with Gasteiger partial charge in [0.15, 0.2) is 0 Å². The standard InChI is InChI=1S/C12H15FN2O/c1-15(12(16)10-4-5-10)14-8-9-2-6-11(13)7-3-9/h2-3,6-7,10,14H,4-5,8H2,1H3. The number of halogens is 1. The Balaban J connectivity index is 1.82. The van der Waals surface area contributed by atoms with Gasteiger partial charge >= 0.3 is 0 Å². The van der Waals surface area contributed by atoms with Gasteiger partial charge in [-0.15, -0.1) is 0 Å². The number of hydrazine groups is 1. The van der Waals surface area contributed by atoms with Crippen LogP contribution in [0, 0.1) is 11.7 Å². The molecule has 1 aliphatic carbocycles. The van der Waals surface area contributed by atoms with Crippen LogP contribution in [0.1, 0.15) is 18.4 Å². The van der Waals surface area contributed by atoms with Crippen molar-refractivity contribution in [2.75, 3.05) is 7.05 Å². The maximum atomic E-state index is 12.6. The zero-order chi connectivity index (χ0) is 11.5. The molecule has 86 valence electrons. The van der Waals surface area contributed by atoms with Crippen LogP contribution in [-0.2, 0) is 11.3 Å². The second kappa shape index (κ2) is 4.61. The molecule has 1 N–H and O–H groups in total. The molecule has 1 aliphatic rings. The minimum atomic E-state index is -0.244. The largest absolute Gasteiger partial charge is 0.281 e. The molecule has 3 nitrogen and oxygen atoms in total. The fourth-order valence-electron chi connectivity index (χ4n) is 1.49. The number of nitrogens with one attached hydrogen (secondary N) is 1. The highest BCUT2D eigenvalue weighted by atomic mass is 19.1. The lowest BCUT2D eigenvalue weighted by Crippen LogP contribution is -2.39. The lowest BCUT2D eigenvalue weighted by atomic mass is 10.2. The van der Waals surface area contributed by atoms with Crippen molar-refractivity contribution in [3.8, 4) is 0 Å². The molecule has 1 aromatic carbocycles. The Labute approximate surface area is 94.2 Å². The van der Waals surface area contributed by atoms with Gasteiger partial charge in [0.1, 0.15) is 5.82 Å². The maximum absolute atomic E-state index is 12.6. The monoisotopic (exact) mass is 222 g/mol. The molecule has 0 radical (unpaired) electrons. The lowest BCUT2D eigenvalue weighted by molar-refractivity contribution is -0.134. The van der Waals surface area contributed by atoms with Gasteiger partial charge in [0.2, 0.25) is 5.91 Å². The molecule has 0 bridgehead atoms. The van der Waals surface area contributed by atoms with Crippen molar-refractivity contribution in [3.63, 3.8) is 0 Å². The molecule has 0 aliphatic heterocycles. The van der Waals surface area contributed by atoms with E-state index in [-0.39, 0.29) is 17.6 Å². The summed E-state index contributed by atoms with van der Waals surface area (Å²) in [7, 11) is 1.73. The molecule has 16 heavy (non-hydrogen) atoms. The summed E-state index contributed by atoms with van der Waals surface area (Å²) in [5.41, 5.74) is 3.96. The van der Waals surface area contributed by atoms with Gasteiger partial charge in [-0.05, 0) is 30.5 Å². The smallest absolute Gasteiger partial charge is 0.239 e. The highest BCUT2D eigenvalue weighted by molar-refractivity contribution is 5.80. The zero-order valence-corrected chi connectivity index (χ0v) is 9.24. The second-order valence-electron chi connectivity index (χ2n) is 4.13. The molecule has 0 spiro atoms. The molecule has 2 rings (SSSR count). The van der Waals surface area contributed by atoms with Crippen molar-refractivity contribution >= 4 is 5.91 Å². The average Bonchev–Trinajstić information content (AvgIpc) is 3.11. The van der Waals surface area contributed by atoms with Crippen molar-refractivity contribution in [1.29, 1.82) is 0 Å². The number of hydrogen-bond donors (Lipinski definition) is 1. The summed E-state index contributed by atoms with van der Waals surface area (Å²) in [6, 6.07) is 6.25. The highest BCUT2D eigenvalue weighted by Gasteiger charge is 2.31. The predicted octanol–water partition coefficient (Wildman–Crippen LogP) is 1.70. The third-order valence-electron chi connectivity index (χ3n) is 2.69. The van der Waals surface area contributed by atoms with Gasteiger partial charge in [0.05, 0.1) is 0 Å². The van der Waals surface area contributed by atoms with Gasteiger partial charge < -0.3 is 0 Å². The summed E-state index contributed by atoms with van der Waals surface area (Å²) in [5.74, 6) is 0.110. The van der Waals surface area contributed by atoms with E-state index in [0.717, 1.165) is 18.4 Å². The van der Waals surface area contributed by atoms with E-state index in [9.17, 15) is 9.18 Å². The van der Waals surface area contributed by atoms with E-state index in [2.05, 4.69) is 5.43 Å². The van der Waals surface area contributed by atoms with Gasteiger partial charge in [-0.2, -0.15) is 0 Å². The van der Waals surface area contributed by atoms with Crippen molar-refractivity contribution in [2.45, 2.75) is 19.4 Å². The van der Waals surface area contributed by atoms with Crippen LogP contribution in [-0.4, -0.2) is 18.0 Å². The number of nitrogens with zero attached hydrogens (tertiary/aromatic N) is 1. The maximum Gasteiger partial charge on any atom is 0.239 e. The molecule has 0 heterocycles. The Morgan fingerprint density at radius 1 is 1.44 bits per heavy atom. The first-order valence-electron chi connectivity index (χ1n) is 5.42. The average molecular weight is 222 g/mol. The highest BCUT2D eigenvalue weighted by Crippen LogP contribution is 2.30. The fourth-order valence-corrected chi connectivity index (χ4v) is 1.49. The van der Waals surface area contributed by atoms with E-state index < -0.39 is 0 Å². The summed E-state index contributed by atoms with van der Waals surface area (Å²) >= 11 is 0. The van der Waals surface area contributed by atoms with Gasteiger partial charge in [0, 0.05) is 19.5 Å². The SMILES string of the molecule is CN(NCc1ccc(F)cc1)C(=O)C1CC1. The molecule has 1 saturated carbocycles. The van der Waals surface area contributed by atoms with Crippen molar-refractivity contribution in [3.05, 3.63) is 35.6 Å². The van der Waals surface area contributed by atoms with E-state index >= 15 is 0 Å². The van der Waals surface area contributed by atoms with Crippen LogP contribution >= 0.6 is 0 Å². The van der Waals surface area contributed by atoms with Crippen LogP contribution in [0.5, 0.6) is 0 Å². The molecule has 4 heteroatoms. The Bertz CT molecular complexity index is 373. The molecule has 1 fully saturated rings. The lowest BCUT2D eigenvalue weighted by Gasteiger charge is -2.18. The zero-order valence-electron chi connectivity index (χ0n) is 9.24. The van der Waals surface area contributed by atoms with Gasteiger partial charge in [-0.1, -0.05) is 12.1 Å². The van der Waals surface area contributed by atoms with Gasteiger partial charge in [0.25, 0.3) is 0 Å². The molecule has 0 atom stereocenters. The number of carbonyl (C=O) groups excluding carboxylic acids is 1. The predicted molar refractivity (Wildman–Crippen MR) is 58.7 cm³/mol. The fraction of sp³-hybridized carbons (Fsp3) is 0.417. The van der Waals surface area contributed by atoms with Crippen LogP contribution in [0.2, 0.25) is 0 Å². The second-order valence-corrected chi connectivity index (χ2v) is 4.13. The normalized spacial score (nSPS) is 14.9. The summed E-state index contributed by atoms with van der Waals surface area (Å²) in [4.78, 5) is 11.6. The van der Waals surface area contributed by atoms with E-state index in [1.165, 1.54) is 17.1 Å². The molecule has 1 aromatic rings. The van der Waals surface area contributed by atoms with Crippen molar-refractivity contribution in [1.82, 2.24) is 10.4 Å². The Morgan fingerprint density at radius 2 is 2.06 bits per heavy atom. The third-order valence-corrected chi connectivity index (χ3v) is 2.69. The Hall–Kier alpha value is -1.42. The Kier molecular flexibility index (Phi) is 3.19. The Morgan fingerprint density at radius 3 is 2.62 bits per heavy atom. The topological polar surface area (TPSA) is 32.3 Å². The van der Waals surface area contributed by atoms with Crippen molar-refractivity contribution in [2.24, 2.45) is 5.92 Å². The van der Waals surface area contributed by atoms with Crippen molar-refractivity contribution < 1.29 is 9.18 Å². The van der Waals surface area contributed by atoms with Crippen LogP contribution in [0.4, 0.5) is 4.39 Å². The first-order chi connectivity index (χ1) is 7.66. The van der Waals surface area contributed by atoms with Gasteiger partial charge in [-0.3, -0.25) is 9.80 Å². The first-order valence-corrected chi connectivity index (χ1v) is 5.42. The number of rotatable bonds is 4. The number of benzene rings is 1. The third kappa shape index (κ3) is 2.79. The number of carbonyl (C=O) groups is 1. The van der Waals surface area contributed by atoms with E-state index in [4.69, 9.17) is 0 Å². The summed E-state index contributed by atoms with van der Waals surface area (Å²) < 4.78 is 12.6. The number of amides is 1. The minimum Gasteiger partial charge on any atom is -0.281 e. The molecular weight excluding hydrogens is 207 g/mol. The molecule has 1 amide bonds. The van der Waals surface area contributed by atoms with E-state index in [1.807, 2.05) is 0 Å².